The number of aromatic nitrogens is 4. The number of hydrogen-bond acceptors (Lipinski definition) is 3. The van der Waals surface area contributed by atoms with E-state index in [1.54, 1.807) is 0 Å². The average Bonchev–Trinajstić information content (AvgIpc) is 3.34. The minimum atomic E-state index is 0.651. The zero-order chi connectivity index (χ0) is 16.8. The Labute approximate surface area is 146 Å². The van der Waals surface area contributed by atoms with E-state index >= 15 is 0 Å². The molecule has 0 amide bonds. The molecule has 1 fully saturated rings. The van der Waals surface area contributed by atoms with Gasteiger partial charge in [0.15, 0.2) is 5.65 Å². The van der Waals surface area contributed by atoms with Gasteiger partial charge in [0, 0.05) is 35.0 Å². The highest BCUT2D eigenvalue weighted by Gasteiger charge is 2.22. The van der Waals surface area contributed by atoms with E-state index in [1.807, 2.05) is 24.7 Å². The van der Waals surface area contributed by atoms with Gasteiger partial charge in [-0.15, -0.1) is 0 Å². The molecule has 1 atom stereocenters. The van der Waals surface area contributed by atoms with Gasteiger partial charge in [0.1, 0.15) is 11.8 Å². The van der Waals surface area contributed by atoms with Gasteiger partial charge in [0.05, 0.1) is 0 Å². The third kappa shape index (κ3) is 2.43. The summed E-state index contributed by atoms with van der Waals surface area (Å²) in [6.45, 7) is 1.21. The first-order valence-corrected chi connectivity index (χ1v) is 8.88. The summed E-state index contributed by atoms with van der Waals surface area (Å²) < 4.78 is 2.06. The van der Waals surface area contributed by atoms with E-state index in [4.69, 9.17) is 0 Å². The average molecular weight is 331 g/mol. The summed E-state index contributed by atoms with van der Waals surface area (Å²) in [4.78, 5) is 14.9. The number of likely N-dealkylation sites (N-methyl/N-ethyl adjacent to an activating group) is 1. The van der Waals surface area contributed by atoms with Gasteiger partial charge in [-0.3, -0.25) is 4.57 Å². The van der Waals surface area contributed by atoms with Crippen LogP contribution in [0.15, 0.2) is 49.1 Å². The van der Waals surface area contributed by atoms with Crippen LogP contribution in [0.25, 0.3) is 27.8 Å². The van der Waals surface area contributed by atoms with Crippen molar-refractivity contribution in [3.05, 3.63) is 54.6 Å². The monoisotopic (exact) mass is 331 g/mol. The molecule has 4 aromatic rings. The molecule has 0 saturated carbocycles. The molecule has 5 heteroatoms. The Morgan fingerprint density at radius 1 is 1.24 bits per heavy atom. The van der Waals surface area contributed by atoms with Crippen LogP contribution in [0.3, 0.4) is 0 Å². The maximum Gasteiger partial charge on any atom is 0.164 e. The lowest BCUT2D eigenvalue weighted by Crippen LogP contribution is -2.26. The SMILES string of the molecule is CN1CCC[C@@H]1Cc1c[nH]c2ccc(-n3cnc4cccnc43)cc12. The standard InChI is InChI=1S/C20H21N5/c1-24-9-3-4-15(24)10-14-12-22-18-7-6-16(11-17(14)18)25-13-23-19-5-2-8-21-20(19)25/h2,5-8,11-13,15,22H,3-4,9-10H2,1H3/t15-/m1/s1. The summed E-state index contributed by atoms with van der Waals surface area (Å²) in [5.41, 5.74) is 5.51. The van der Waals surface area contributed by atoms with Gasteiger partial charge >= 0.3 is 0 Å². The van der Waals surface area contributed by atoms with E-state index < -0.39 is 0 Å². The first kappa shape index (κ1) is 14.7. The predicted molar refractivity (Wildman–Crippen MR) is 100 cm³/mol. The van der Waals surface area contributed by atoms with Crippen LogP contribution in [0.4, 0.5) is 0 Å². The van der Waals surface area contributed by atoms with Gasteiger partial charge in [-0.25, -0.2) is 9.97 Å². The quantitative estimate of drug-likeness (QED) is 0.625. The number of pyridine rings is 1. The molecule has 1 N–H and O–H groups in total. The van der Waals surface area contributed by atoms with Crippen molar-refractivity contribution >= 4 is 22.1 Å². The zero-order valence-corrected chi connectivity index (χ0v) is 14.3. The molecule has 126 valence electrons. The Morgan fingerprint density at radius 2 is 2.20 bits per heavy atom. The fourth-order valence-electron chi connectivity index (χ4n) is 4.01. The highest BCUT2D eigenvalue weighted by Crippen LogP contribution is 2.27. The zero-order valence-electron chi connectivity index (χ0n) is 14.3. The van der Waals surface area contributed by atoms with Crippen molar-refractivity contribution in [3.63, 3.8) is 0 Å². The summed E-state index contributed by atoms with van der Waals surface area (Å²) in [6.07, 6.45) is 9.54. The molecule has 3 aromatic heterocycles. The van der Waals surface area contributed by atoms with Gasteiger partial charge < -0.3 is 9.88 Å². The van der Waals surface area contributed by atoms with Crippen LogP contribution in [0.5, 0.6) is 0 Å². The summed E-state index contributed by atoms with van der Waals surface area (Å²) in [7, 11) is 2.24. The van der Waals surface area contributed by atoms with E-state index in [0.29, 0.717) is 6.04 Å². The van der Waals surface area contributed by atoms with Crippen LogP contribution < -0.4 is 0 Å². The molecule has 0 unspecified atom stereocenters. The number of imidazole rings is 1. The first-order chi connectivity index (χ1) is 12.3. The van der Waals surface area contributed by atoms with Crippen molar-refractivity contribution in [2.75, 3.05) is 13.6 Å². The molecule has 0 aliphatic carbocycles. The predicted octanol–water partition coefficient (Wildman–Crippen LogP) is 3.54. The molecular weight excluding hydrogens is 310 g/mol. The van der Waals surface area contributed by atoms with Gasteiger partial charge in [-0.05, 0) is 68.8 Å². The third-order valence-electron chi connectivity index (χ3n) is 5.46. The topological polar surface area (TPSA) is 49.7 Å². The lowest BCUT2D eigenvalue weighted by molar-refractivity contribution is 0.310. The molecule has 0 radical (unpaired) electrons. The third-order valence-corrected chi connectivity index (χ3v) is 5.46. The van der Waals surface area contributed by atoms with Crippen molar-refractivity contribution in [1.82, 2.24) is 24.4 Å². The van der Waals surface area contributed by atoms with Crippen LogP contribution in [0.2, 0.25) is 0 Å². The van der Waals surface area contributed by atoms with E-state index in [0.717, 1.165) is 23.3 Å². The van der Waals surface area contributed by atoms with Crippen molar-refractivity contribution in [2.24, 2.45) is 0 Å². The molecule has 1 aliphatic rings. The van der Waals surface area contributed by atoms with E-state index in [9.17, 15) is 0 Å². The maximum atomic E-state index is 4.49. The molecule has 1 aliphatic heterocycles. The lowest BCUT2D eigenvalue weighted by Gasteiger charge is -2.18. The van der Waals surface area contributed by atoms with Crippen LogP contribution in [0, 0.1) is 0 Å². The van der Waals surface area contributed by atoms with Crippen molar-refractivity contribution in [1.29, 1.82) is 0 Å². The van der Waals surface area contributed by atoms with E-state index in [2.05, 4.69) is 55.9 Å². The Hall–Kier alpha value is -2.66. The number of rotatable bonds is 3. The van der Waals surface area contributed by atoms with Crippen molar-refractivity contribution in [2.45, 2.75) is 25.3 Å². The van der Waals surface area contributed by atoms with Crippen LogP contribution in [0.1, 0.15) is 18.4 Å². The first-order valence-electron chi connectivity index (χ1n) is 8.88. The van der Waals surface area contributed by atoms with Crippen LogP contribution >= 0.6 is 0 Å². The molecule has 4 heterocycles. The molecular formula is C20H21N5. The summed E-state index contributed by atoms with van der Waals surface area (Å²) in [5.74, 6) is 0. The molecule has 5 nitrogen and oxygen atoms in total. The van der Waals surface area contributed by atoms with Gasteiger partial charge in [-0.2, -0.15) is 0 Å². The smallest absolute Gasteiger partial charge is 0.164 e. The number of fused-ring (bicyclic) bond motifs is 2. The van der Waals surface area contributed by atoms with Crippen LogP contribution in [-0.4, -0.2) is 44.1 Å². The number of nitrogens with one attached hydrogen (secondary N) is 1. The molecule has 1 saturated heterocycles. The van der Waals surface area contributed by atoms with Gasteiger partial charge in [0.2, 0.25) is 0 Å². The number of likely N-dealkylation sites (tertiary alicyclic amines) is 1. The fraction of sp³-hybridized carbons (Fsp3) is 0.300. The van der Waals surface area contributed by atoms with Gasteiger partial charge in [-0.1, -0.05) is 0 Å². The molecule has 25 heavy (non-hydrogen) atoms. The second-order valence-electron chi connectivity index (χ2n) is 6.99. The highest BCUT2D eigenvalue weighted by atomic mass is 15.1. The number of nitrogens with zero attached hydrogens (tertiary/aromatic N) is 4. The Kier molecular flexibility index (Phi) is 3.35. The van der Waals surface area contributed by atoms with Gasteiger partial charge in [0.25, 0.3) is 0 Å². The Morgan fingerprint density at radius 3 is 3.08 bits per heavy atom. The summed E-state index contributed by atoms with van der Waals surface area (Å²) >= 11 is 0. The molecule has 5 rings (SSSR count). The summed E-state index contributed by atoms with van der Waals surface area (Å²) in [5, 5.41) is 1.30. The lowest BCUT2D eigenvalue weighted by atomic mass is 10.0. The Balaban J connectivity index is 1.57. The second-order valence-corrected chi connectivity index (χ2v) is 6.99. The molecule has 1 aromatic carbocycles. The summed E-state index contributed by atoms with van der Waals surface area (Å²) in [6, 6.07) is 11.1. The molecule has 0 spiro atoms. The largest absolute Gasteiger partial charge is 0.361 e. The maximum absolute atomic E-state index is 4.49. The number of benzene rings is 1. The van der Waals surface area contributed by atoms with Crippen molar-refractivity contribution in [3.8, 4) is 5.69 Å². The minimum absolute atomic E-state index is 0.651. The minimum Gasteiger partial charge on any atom is -0.361 e. The van der Waals surface area contributed by atoms with Crippen LogP contribution in [-0.2, 0) is 6.42 Å². The van der Waals surface area contributed by atoms with E-state index in [-0.39, 0.29) is 0 Å². The normalized spacial score (nSPS) is 18.5. The fourth-order valence-corrected chi connectivity index (χ4v) is 4.01. The molecule has 0 bridgehead atoms. The number of H-pyrrole nitrogens is 1. The highest BCUT2D eigenvalue weighted by molar-refractivity contribution is 5.86. The number of aromatic amines is 1. The van der Waals surface area contributed by atoms with E-state index in [1.165, 1.54) is 35.9 Å². The second kappa shape index (κ2) is 5.70. The van der Waals surface area contributed by atoms with Crippen molar-refractivity contribution < 1.29 is 0 Å². The number of hydrogen-bond donors (Lipinski definition) is 1. The Bertz CT molecular complexity index is 1040.